The number of carbonyl (C=O) groups is 2. The lowest BCUT2D eigenvalue weighted by molar-refractivity contribution is -0.160. The van der Waals surface area contributed by atoms with Gasteiger partial charge < -0.3 is 34.9 Å². The van der Waals surface area contributed by atoms with Crippen LogP contribution in [0.15, 0.2) is 60.2 Å². The predicted octanol–water partition coefficient (Wildman–Crippen LogP) is 7.38. The molecule has 4 fully saturated rings. The molecule has 314 valence electrons. The summed E-state index contributed by atoms with van der Waals surface area (Å²) in [6.07, 6.45) is 3.04. The molecule has 2 aliphatic carbocycles. The van der Waals surface area contributed by atoms with Crippen molar-refractivity contribution in [2.75, 3.05) is 40.9 Å². The molecule has 1 amide bonds. The number of carboxylic acids is 1. The van der Waals surface area contributed by atoms with E-state index in [1.807, 2.05) is 65.4 Å². The van der Waals surface area contributed by atoms with Gasteiger partial charge in [-0.1, -0.05) is 54.1 Å². The Hall–Kier alpha value is -4.63. The van der Waals surface area contributed by atoms with E-state index in [1.54, 1.807) is 7.11 Å². The summed E-state index contributed by atoms with van der Waals surface area (Å²) in [6.45, 7) is 1.60. The van der Waals surface area contributed by atoms with Crippen molar-refractivity contribution in [2.24, 2.45) is 5.41 Å². The zero-order chi connectivity index (χ0) is 41.6. The Balaban J connectivity index is 1.04. The fourth-order valence-electron chi connectivity index (χ4n) is 9.77. The standard InChI is InChI=1S/C44H49ClF3N5O6/c1-52-35(13-10-25(41(52)58-3)21-49-22-27-11-15-37(54)50-27)33-9-5-8-32(38(33)45)29-6-4-7-31-30(29)12-14-36(31)59-40-34(44(46,47)48)20-26(39(51-40)57-2)23-53-24-43(42(55)56)18-16-28(53)17-19-43/h4-10,13,20,27-28,36,41,49H,11-12,14-19,21-24H2,1-3H3,(H,50,54)(H,55,56)/t27-,28?,36-,41?,43?/m0/s1. The molecule has 1 aromatic heterocycles. The van der Waals surface area contributed by atoms with Gasteiger partial charge in [0.15, 0.2) is 6.23 Å². The molecule has 3 saturated heterocycles. The molecule has 11 nitrogen and oxygen atoms in total. The minimum Gasteiger partial charge on any atom is -0.481 e. The largest absolute Gasteiger partial charge is 0.481 e. The van der Waals surface area contributed by atoms with Crippen LogP contribution in [0.3, 0.4) is 0 Å². The summed E-state index contributed by atoms with van der Waals surface area (Å²) >= 11 is 7.25. The molecule has 2 bridgehead atoms. The quantitative estimate of drug-likeness (QED) is 0.161. The van der Waals surface area contributed by atoms with Gasteiger partial charge in [0.05, 0.1) is 17.5 Å². The number of alkyl halides is 3. The summed E-state index contributed by atoms with van der Waals surface area (Å²) in [5.74, 6) is -1.32. The second kappa shape index (κ2) is 16.4. The number of hydrogen-bond donors (Lipinski definition) is 3. The number of likely N-dealkylation sites (N-methyl/N-ethyl adjacent to an activating group) is 1. The van der Waals surface area contributed by atoms with Crippen LogP contribution in [0.2, 0.25) is 5.02 Å². The number of rotatable bonds is 13. The number of ether oxygens (including phenoxy) is 3. The summed E-state index contributed by atoms with van der Waals surface area (Å²) in [5.41, 5.74) is 4.39. The van der Waals surface area contributed by atoms with Crippen molar-refractivity contribution in [1.82, 2.24) is 25.4 Å². The number of pyridine rings is 1. The number of amides is 1. The first-order valence-corrected chi connectivity index (χ1v) is 20.5. The maximum absolute atomic E-state index is 14.8. The average molecular weight is 836 g/mol. The number of halogens is 4. The van der Waals surface area contributed by atoms with Crippen molar-refractivity contribution in [1.29, 1.82) is 0 Å². The summed E-state index contributed by atoms with van der Waals surface area (Å²) in [4.78, 5) is 32.1. The first-order valence-electron chi connectivity index (χ1n) is 20.2. The molecule has 3 aromatic rings. The van der Waals surface area contributed by atoms with Gasteiger partial charge >= 0.3 is 12.1 Å². The van der Waals surface area contributed by atoms with Gasteiger partial charge in [0, 0.05) is 81.2 Å². The summed E-state index contributed by atoms with van der Waals surface area (Å²) in [7, 11) is 4.97. The van der Waals surface area contributed by atoms with E-state index in [-0.39, 0.29) is 48.8 Å². The second-order valence-electron chi connectivity index (χ2n) is 16.3. The van der Waals surface area contributed by atoms with Crippen LogP contribution < -0.4 is 20.1 Å². The number of fused-ring (bicyclic) bond motifs is 4. The van der Waals surface area contributed by atoms with E-state index in [1.165, 1.54) is 7.11 Å². The van der Waals surface area contributed by atoms with Crippen LogP contribution in [0.1, 0.15) is 78.9 Å². The monoisotopic (exact) mass is 835 g/mol. The molecule has 0 spiro atoms. The average Bonchev–Trinajstić information content (AvgIpc) is 3.84. The highest BCUT2D eigenvalue weighted by atomic mass is 35.5. The van der Waals surface area contributed by atoms with Gasteiger partial charge in [-0.2, -0.15) is 18.2 Å². The minimum atomic E-state index is -4.77. The molecule has 59 heavy (non-hydrogen) atoms. The van der Waals surface area contributed by atoms with Gasteiger partial charge in [-0.25, -0.2) is 0 Å². The van der Waals surface area contributed by atoms with E-state index >= 15 is 0 Å². The number of aromatic nitrogens is 1. The van der Waals surface area contributed by atoms with Crippen molar-refractivity contribution in [3.8, 4) is 22.9 Å². The van der Waals surface area contributed by atoms with Crippen LogP contribution in [0.25, 0.3) is 16.8 Å². The third-order valence-corrected chi connectivity index (χ3v) is 13.3. The second-order valence-corrected chi connectivity index (χ2v) is 16.7. The molecule has 0 radical (unpaired) electrons. The Bertz CT molecular complexity index is 2190. The van der Waals surface area contributed by atoms with Crippen LogP contribution in [-0.2, 0) is 33.5 Å². The molecule has 6 aliphatic rings. The number of methoxy groups -OCH3 is 2. The lowest BCUT2D eigenvalue weighted by Crippen LogP contribution is -2.56. The molecular weight excluding hydrogens is 787 g/mol. The van der Waals surface area contributed by atoms with Gasteiger partial charge in [0.1, 0.15) is 11.7 Å². The van der Waals surface area contributed by atoms with Crippen molar-refractivity contribution in [3.63, 3.8) is 0 Å². The van der Waals surface area contributed by atoms with E-state index in [4.69, 9.17) is 25.8 Å². The van der Waals surface area contributed by atoms with Gasteiger partial charge in [-0.05, 0) is 79.4 Å². The molecule has 4 aliphatic heterocycles. The number of nitrogens with zero attached hydrogens (tertiary/aromatic N) is 3. The Kier molecular flexibility index (Phi) is 11.5. The zero-order valence-electron chi connectivity index (χ0n) is 33.3. The molecule has 5 heterocycles. The van der Waals surface area contributed by atoms with Crippen molar-refractivity contribution >= 4 is 29.2 Å². The fourth-order valence-corrected chi connectivity index (χ4v) is 10.1. The van der Waals surface area contributed by atoms with E-state index in [9.17, 15) is 27.9 Å². The maximum Gasteiger partial charge on any atom is 0.421 e. The van der Waals surface area contributed by atoms with Crippen LogP contribution in [0.4, 0.5) is 13.2 Å². The van der Waals surface area contributed by atoms with Gasteiger partial charge in [-0.15, -0.1) is 0 Å². The van der Waals surface area contributed by atoms with Crippen LogP contribution in [0, 0.1) is 5.41 Å². The van der Waals surface area contributed by atoms with E-state index in [0.29, 0.717) is 63.1 Å². The third kappa shape index (κ3) is 7.92. The summed E-state index contributed by atoms with van der Waals surface area (Å²) in [5, 5.41) is 16.9. The number of carbonyl (C=O) groups excluding carboxylic acids is 1. The topological polar surface area (TPSA) is 125 Å². The Morgan fingerprint density at radius 1 is 1.03 bits per heavy atom. The van der Waals surface area contributed by atoms with Crippen molar-refractivity contribution in [2.45, 2.75) is 88.5 Å². The van der Waals surface area contributed by atoms with Crippen molar-refractivity contribution in [3.05, 3.63) is 93.0 Å². The van der Waals surface area contributed by atoms with Gasteiger partial charge in [-0.3, -0.25) is 14.5 Å². The Labute approximate surface area is 346 Å². The van der Waals surface area contributed by atoms with E-state index in [0.717, 1.165) is 51.6 Å². The molecule has 3 N–H and O–H groups in total. The third-order valence-electron chi connectivity index (χ3n) is 12.9. The number of nitrogens with one attached hydrogen (secondary N) is 2. The van der Waals surface area contributed by atoms with Crippen LogP contribution >= 0.6 is 11.6 Å². The number of benzene rings is 2. The SMILES string of the molecule is COc1nc(O[C@H]2CCc3c(-c4cccc(C5=CC=C(CNC[C@@H]6CCC(=O)N6)C(OC)N5C)c4Cl)cccc32)c(C(F)(F)F)cc1CN1CC2(C(=O)O)CCC1CC2. The molecule has 1 unspecified atom stereocenters. The highest BCUT2D eigenvalue weighted by molar-refractivity contribution is 6.35. The number of carboxylic acid groups (broad SMARTS) is 1. The lowest BCUT2D eigenvalue weighted by Gasteiger charge is -2.50. The first-order chi connectivity index (χ1) is 28.3. The smallest absolute Gasteiger partial charge is 0.421 e. The zero-order valence-corrected chi connectivity index (χ0v) is 34.1. The lowest BCUT2D eigenvalue weighted by atomic mass is 9.67. The Morgan fingerprint density at radius 3 is 2.47 bits per heavy atom. The Morgan fingerprint density at radius 2 is 1.78 bits per heavy atom. The molecule has 1 saturated carbocycles. The van der Waals surface area contributed by atoms with Crippen LogP contribution in [0.5, 0.6) is 11.8 Å². The highest BCUT2D eigenvalue weighted by Gasteiger charge is 2.50. The predicted molar refractivity (Wildman–Crippen MR) is 216 cm³/mol. The molecular formula is C44H49ClF3N5O6. The first kappa shape index (κ1) is 41.1. The van der Waals surface area contributed by atoms with E-state index in [2.05, 4.69) is 15.6 Å². The van der Waals surface area contributed by atoms with Gasteiger partial charge in [0.2, 0.25) is 17.7 Å². The number of piperidine rings is 2. The molecule has 9 rings (SSSR count). The van der Waals surface area contributed by atoms with Crippen molar-refractivity contribution < 1.29 is 42.1 Å². The normalized spacial score (nSPS) is 25.4. The number of allylic oxidation sites excluding steroid dienone is 2. The van der Waals surface area contributed by atoms with E-state index < -0.39 is 35.1 Å². The molecule has 15 heteroatoms. The molecule has 3 atom stereocenters. The summed E-state index contributed by atoms with van der Waals surface area (Å²) in [6, 6.07) is 12.8. The number of aliphatic carboxylic acids is 1. The fraction of sp³-hybridized carbons (Fsp3) is 0.477. The number of hydrogen-bond acceptors (Lipinski definition) is 9. The molecule has 2 aromatic carbocycles. The highest BCUT2D eigenvalue weighted by Crippen LogP contribution is 2.48. The van der Waals surface area contributed by atoms with Gasteiger partial charge in [0.25, 0.3) is 0 Å². The summed E-state index contributed by atoms with van der Waals surface area (Å²) < 4.78 is 62.0. The minimum absolute atomic E-state index is 0.0179. The maximum atomic E-state index is 14.8. The van der Waals surface area contributed by atoms with Crippen LogP contribution in [-0.4, -0.2) is 91.0 Å².